The standard InChI is InChI=1S/C9H7N.C5H6N2.CH3Cl/c1-2-6-9-8(4-1)5-3-7-10-9;1-2-5-6-3-4-7-5;1-2/h1-7H;2-4H,1H2,(H,6,7);1H3. The summed E-state index contributed by atoms with van der Waals surface area (Å²) < 4.78 is 0. The van der Waals surface area contributed by atoms with Crippen molar-refractivity contribution in [3.8, 4) is 0 Å². The summed E-state index contributed by atoms with van der Waals surface area (Å²) in [7, 11) is 0. The fourth-order valence-corrected chi connectivity index (χ4v) is 1.41. The first-order chi connectivity index (χ1) is 9.40. The number of para-hydroxylation sites is 1. The normalized spacial score (nSPS) is 8.74. The van der Waals surface area contributed by atoms with Crippen LogP contribution in [0.2, 0.25) is 0 Å². The molecule has 0 unspecified atom stereocenters. The molecule has 3 aromatic rings. The van der Waals surface area contributed by atoms with Gasteiger partial charge in [-0.3, -0.25) is 4.98 Å². The second-order valence-corrected chi connectivity index (χ2v) is 3.37. The minimum Gasteiger partial charge on any atom is -0.345 e. The van der Waals surface area contributed by atoms with Crippen LogP contribution in [0.25, 0.3) is 17.0 Å². The molecule has 98 valence electrons. The van der Waals surface area contributed by atoms with Gasteiger partial charge in [-0.15, -0.1) is 11.6 Å². The Morgan fingerprint density at radius 1 is 1.05 bits per heavy atom. The molecular weight excluding hydrogens is 258 g/mol. The molecule has 0 saturated heterocycles. The molecule has 0 aliphatic carbocycles. The van der Waals surface area contributed by atoms with E-state index in [1.165, 1.54) is 11.8 Å². The second kappa shape index (κ2) is 8.89. The van der Waals surface area contributed by atoms with Crippen molar-refractivity contribution in [1.82, 2.24) is 15.0 Å². The van der Waals surface area contributed by atoms with Crippen LogP contribution in [-0.4, -0.2) is 21.3 Å². The molecule has 0 aliphatic heterocycles. The quantitative estimate of drug-likeness (QED) is 0.677. The van der Waals surface area contributed by atoms with Crippen molar-refractivity contribution >= 4 is 28.6 Å². The van der Waals surface area contributed by atoms with Gasteiger partial charge in [0.2, 0.25) is 0 Å². The van der Waals surface area contributed by atoms with Gasteiger partial charge in [0.05, 0.1) is 5.52 Å². The van der Waals surface area contributed by atoms with Crippen molar-refractivity contribution in [3.63, 3.8) is 0 Å². The SMILES string of the molecule is C=Cc1ncc[nH]1.CCl.c1ccc2ncccc2c1. The molecule has 0 fully saturated rings. The van der Waals surface area contributed by atoms with Crippen molar-refractivity contribution in [2.75, 3.05) is 6.38 Å². The second-order valence-electron chi connectivity index (χ2n) is 3.37. The Balaban J connectivity index is 0.000000177. The van der Waals surface area contributed by atoms with Gasteiger partial charge in [-0.2, -0.15) is 0 Å². The molecule has 1 aromatic carbocycles. The number of rotatable bonds is 1. The highest BCUT2D eigenvalue weighted by Gasteiger charge is 1.86. The average Bonchev–Trinajstić information content (AvgIpc) is 3.04. The molecule has 0 amide bonds. The molecule has 4 heteroatoms. The van der Waals surface area contributed by atoms with Crippen LogP contribution in [0.15, 0.2) is 61.6 Å². The van der Waals surface area contributed by atoms with Gasteiger partial charge >= 0.3 is 0 Å². The molecule has 2 heterocycles. The van der Waals surface area contributed by atoms with Gasteiger partial charge in [0, 0.05) is 30.4 Å². The number of nitrogens with one attached hydrogen (secondary N) is 1. The molecule has 3 nitrogen and oxygen atoms in total. The van der Waals surface area contributed by atoms with E-state index in [-0.39, 0.29) is 0 Å². The van der Waals surface area contributed by atoms with Crippen molar-refractivity contribution in [1.29, 1.82) is 0 Å². The van der Waals surface area contributed by atoms with Crippen LogP contribution in [0, 0.1) is 0 Å². The van der Waals surface area contributed by atoms with Gasteiger partial charge in [-0.25, -0.2) is 4.98 Å². The highest BCUT2D eigenvalue weighted by atomic mass is 35.5. The number of halogens is 1. The number of aromatic amines is 1. The molecule has 0 radical (unpaired) electrons. The molecule has 0 bridgehead atoms. The van der Waals surface area contributed by atoms with Crippen molar-refractivity contribution < 1.29 is 0 Å². The third-order valence-electron chi connectivity index (χ3n) is 2.22. The number of aromatic nitrogens is 3. The smallest absolute Gasteiger partial charge is 0.129 e. The van der Waals surface area contributed by atoms with Gasteiger partial charge in [-0.1, -0.05) is 30.8 Å². The summed E-state index contributed by atoms with van der Waals surface area (Å²) in [6.07, 6.45) is 8.40. The molecule has 0 spiro atoms. The Kier molecular flexibility index (Phi) is 6.98. The predicted molar refractivity (Wildman–Crippen MR) is 82.2 cm³/mol. The summed E-state index contributed by atoms with van der Waals surface area (Å²) in [4.78, 5) is 10.9. The van der Waals surface area contributed by atoms with E-state index in [0.29, 0.717) is 0 Å². The molecular formula is C15H16ClN3. The van der Waals surface area contributed by atoms with E-state index in [1.54, 1.807) is 18.5 Å². The maximum Gasteiger partial charge on any atom is 0.129 e. The van der Waals surface area contributed by atoms with Crippen LogP contribution in [-0.2, 0) is 0 Å². The molecule has 3 rings (SSSR count). The number of hydrogen-bond acceptors (Lipinski definition) is 2. The summed E-state index contributed by atoms with van der Waals surface area (Å²) in [5.41, 5.74) is 1.06. The fourth-order valence-electron chi connectivity index (χ4n) is 1.41. The van der Waals surface area contributed by atoms with Gasteiger partial charge in [0.25, 0.3) is 0 Å². The van der Waals surface area contributed by atoms with E-state index in [9.17, 15) is 0 Å². The first kappa shape index (κ1) is 14.9. The zero-order chi connectivity index (χ0) is 13.9. The number of H-pyrrole nitrogens is 1. The molecule has 1 N–H and O–H groups in total. The first-order valence-electron chi connectivity index (χ1n) is 5.69. The lowest BCUT2D eigenvalue weighted by Crippen LogP contribution is -1.73. The number of fused-ring (bicyclic) bond motifs is 1. The average molecular weight is 274 g/mol. The monoisotopic (exact) mass is 273 g/mol. The van der Waals surface area contributed by atoms with Crippen LogP contribution in [0.3, 0.4) is 0 Å². The summed E-state index contributed by atoms with van der Waals surface area (Å²) in [6, 6.07) is 12.1. The highest BCUT2D eigenvalue weighted by Crippen LogP contribution is 2.07. The largest absolute Gasteiger partial charge is 0.345 e. The maximum atomic E-state index is 4.64. The minimum atomic E-state index is 0.819. The van der Waals surface area contributed by atoms with Crippen LogP contribution >= 0.6 is 11.6 Å². The number of hydrogen-bond donors (Lipinski definition) is 1. The first-order valence-corrected chi connectivity index (χ1v) is 6.45. The minimum absolute atomic E-state index is 0.819. The number of alkyl halides is 1. The van der Waals surface area contributed by atoms with E-state index in [0.717, 1.165) is 11.3 Å². The van der Waals surface area contributed by atoms with Crippen LogP contribution in [0.5, 0.6) is 0 Å². The van der Waals surface area contributed by atoms with Crippen molar-refractivity contribution in [2.45, 2.75) is 0 Å². The topological polar surface area (TPSA) is 41.6 Å². The predicted octanol–water partition coefficient (Wildman–Crippen LogP) is 4.14. The molecule has 0 saturated carbocycles. The Morgan fingerprint density at radius 2 is 1.79 bits per heavy atom. The zero-order valence-electron chi connectivity index (χ0n) is 10.8. The van der Waals surface area contributed by atoms with Crippen LogP contribution < -0.4 is 0 Å². The molecule has 2 aromatic heterocycles. The number of pyridine rings is 1. The van der Waals surface area contributed by atoms with Crippen LogP contribution in [0.1, 0.15) is 5.82 Å². The van der Waals surface area contributed by atoms with E-state index in [2.05, 4.69) is 45.3 Å². The lowest BCUT2D eigenvalue weighted by molar-refractivity contribution is 1.27. The van der Waals surface area contributed by atoms with Crippen molar-refractivity contribution in [3.05, 3.63) is 67.4 Å². The molecule has 19 heavy (non-hydrogen) atoms. The van der Waals surface area contributed by atoms with E-state index >= 15 is 0 Å². The Labute approximate surface area is 118 Å². The van der Waals surface area contributed by atoms with Gasteiger partial charge in [0.1, 0.15) is 5.82 Å². The Bertz CT molecular complexity index is 526. The van der Waals surface area contributed by atoms with E-state index < -0.39 is 0 Å². The van der Waals surface area contributed by atoms with Gasteiger partial charge in [-0.05, 0) is 18.2 Å². The third-order valence-corrected chi connectivity index (χ3v) is 2.22. The summed E-state index contributed by atoms with van der Waals surface area (Å²) in [5, 5.41) is 1.20. The summed E-state index contributed by atoms with van der Waals surface area (Å²) in [6.45, 7) is 3.51. The number of nitrogens with zero attached hydrogens (tertiary/aromatic N) is 2. The van der Waals surface area contributed by atoms with E-state index in [1.807, 2.05) is 30.5 Å². The number of imidazole rings is 1. The zero-order valence-corrected chi connectivity index (χ0v) is 11.5. The summed E-state index contributed by atoms with van der Waals surface area (Å²) in [5.74, 6) is 0.819. The Hall–Kier alpha value is -2.13. The van der Waals surface area contributed by atoms with Crippen LogP contribution in [0.4, 0.5) is 0 Å². The molecule has 0 atom stereocenters. The van der Waals surface area contributed by atoms with Gasteiger partial charge in [0.15, 0.2) is 0 Å². The third kappa shape index (κ3) is 4.94. The van der Waals surface area contributed by atoms with Gasteiger partial charge < -0.3 is 4.98 Å². The maximum absolute atomic E-state index is 4.64. The lowest BCUT2D eigenvalue weighted by atomic mass is 10.2. The highest BCUT2D eigenvalue weighted by molar-refractivity contribution is 6.15. The molecule has 0 aliphatic rings. The van der Waals surface area contributed by atoms with E-state index in [4.69, 9.17) is 0 Å². The summed E-state index contributed by atoms with van der Waals surface area (Å²) >= 11 is 4.64. The Morgan fingerprint density at radius 3 is 2.37 bits per heavy atom. The van der Waals surface area contributed by atoms with Crippen molar-refractivity contribution in [2.24, 2.45) is 0 Å². The number of benzene rings is 1. The lowest BCUT2D eigenvalue weighted by Gasteiger charge is -1.91. The fraction of sp³-hybridized carbons (Fsp3) is 0.0667.